The van der Waals surface area contributed by atoms with Crippen LogP contribution < -0.4 is 16.4 Å². The number of carbonyl (C=O) groups excluding carboxylic acids is 1. The van der Waals surface area contributed by atoms with Crippen molar-refractivity contribution in [2.75, 3.05) is 18.4 Å². The SMILES string of the molecule is NCCNC(=O)Nc1cc[nH]c1. The number of H-pyrrole nitrogens is 1. The Morgan fingerprint density at radius 1 is 1.67 bits per heavy atom. The third-order valence-corrected chi connectivity index (χ3v) is 1.29. The Balaban J connectivity index is 2.27. The molecular formula is C7H12N4O. The smallest absolute Gasteiger partial charge is 0.319 e. The number of aromatic nitrogens is 1. The van der Waals surface area contributed by atoms with Crippen LogP contribution in [0, 0.1) is 0 Å². The molecule has 0 bridgehead atoms. The third-order valence-electron chi connectivity index (χ3n) is 1.29. The highest BCUT2D eigenvalue weighted by Crippen LogP contribution is 2.01. The lowest BCUT2D eigenvalue weighted by Gasteiger charge is -2.03. The Bertz CT molecular complexity index is 232. The number of hydrogen-bond donors (Lipinski definition) is 4. The van der Waals surface area contributed by atoms with Crippen molar-refractivity contribution in [3.8, 4) is 0 Å². The zero-order chi connectivity index (χ0) is 8.81. The van der Waals surface area contributed by atoms with Crippen LogP contribution in [0.2, 0.25) is 0 Å². The molecule has 2 amide bonds. The second-order valence-electron chi connectivity index (χ2n) is 2.27. The quantitative estimate of drug-likeness (QED) is 0.516. The first-order chi connectivity index (χ1) is 5.83. The van der Waals surface area contributed by atoms with Gasteiger partial charge >= 0.3 is 6.03 Å². The molecule has 0 spiro atoms. The van der Waals surface area contributed by atoms with Crippen molar-refractivity contribution in [1.82, 2.24) is 10.3 Å². The Morgan fingerprint density at radius 2 is 2.50 bits per heavy atom. The average molecular weight is 168 g/mol. The summed E-state index contributed by atoms with van der Waals surface area (Å²) >= 11 is 0. The van der Waals surface area contributed by atoms with Crippen molar-refractivity contribution in [3.05, 3.63) is 18.5 Å². The van der Waals surface area contributed by atoms with E-state index in [1.54, 1.807) is 18.5 Å². The van der Waals surface area contributed by atoms with Crippen LogP contribution in [0.4, 0.5) is 10.5 Å². The van der Waals surface area contributed by atoms with Gasteiger partial charge in [0.2, 0.25) is 0 Å². The zero-order valence-electron chi connectivity index (χ0n) is 6.63. The van der Waals surface area contributed by atoms with Crippen LogP contribution in [-0.4, -0.2) is 24.1 Å². The van der Waals surface area contributed by atoms with Crippen molar-refractivity contribution in [1.29, 1.82) is 0 Å². The molecule has 0 aliphatic carbocycles. The highest BCUT2D eigenvalue weighted by atomic mass is 16.2. The van der Waals surface area contributed by atoms with Gasteiger partial charge in [-0.2, -0.15) is 0 Å². The molecule has 0 saturated carbocycles. The molecule has 0 aliphatic rings. The van der Waals surface area contributed by atoms with E-state index in [1.165, 1.54) is 0 Å². The molecule has 5 heteroatoms. The molecule has 1 rings (SSSR count). The largest absolute Gasteiger partial charge is 0.366 e. The van der Waals surface area contributed by atoms with E-state index in [0.29, 0.717) is 13.1 Å². The molecule has 0 radical (unpaired) electrons. The number of urea groups is 1. The monoisotopic (exact) mass is 168 g/mol. The predicted molar refractivity (Wildman–Crippen MR) is 46.9 cm³/mol. The van der Waals surface area contributed by atoms with Crippen LogP contribution in [0.3, 0.4) is 0 Å². The van der Waals surface area contributed by atoms with Gasteiger partial charge in [0, 0.05) is 25.5 Å². The van der Waals surface area contributed by atoms with Crippen LogP contribution in [0.25, 0.3) is 0 Å². The number of hydrogen-bond acceptors (Lipinski definition) is 2. The summed E-state index contributed by atoms with van der Waals surface area (Å²) < 4.78 is 0. The first-order valence-electron chi connectivity index (χ1n) is 3.70. The summed E-state index contributed by atoms with van der Waals surface area (Å²) in [6.07, 6.45) is 3.43. The maximum Gasteiger partial charge on any atom is 0.319 e. The standard InChI is InChI=1S/C7H12N4O/c8-2-4-10-7(12)11-6-1-3-9-5-6/h1,3,5,9H,2,4,8H2,(H2,10,11,12). The Kier molecular flexibility index (Phi) is 3.16. The van der Waals surface area contributed by atoms with Crippen LogP contribution >= 0.6 is 0 Å². The minimum Gasteiger partial charge on any atom is -0.366 e. The molecule has 66 valence electrons. The van der Waals surface area contributed by atoms with E-state index < -0.39 is 0 Å². The first kappa shape index (κ1) is 8.61. The maximum atomic E-state index is 11.0. The fourth-order valence-corrected chi connectivity index (χ4v) is 0.763. The van der Waals surface area contributed by atoms with Gasteiger partial charge in [0.05, 0.1) is 5.69 Å². The normalized spacial score (nSPS) is 9.42. The Morgan fingerprint density at radius 3 is 3.08 bits per heavy atom. The predicted octanol–water partition coefficient (Wildman–Crippen LogP) is 0.0949. The lowest BCUT2D eigenvalue weighted by Crippen LogP contribution is -2.32. The van der Waals surface area contributed by atoms with Gasteiger partial charge in [-0.1, -0.05) is 0 Å². The number of carbonyl (C=O) groups is 1. The van der Waals surface area contributed by atoms with E-state index >= 15 is 0 Å². The Labute approximate surface area is 70.3 Å². The van der Waals surface area contributed by atoms with E-state index in [4.69, 9.17) is 5.73 Å². The number of anilines is 1. The van der Waals surface area contributed by atoms with Gasteiger partial charge in [0.25, 0.3) is 0 Å². The van der Waals surface area contributed by atoms with Crippen LogP contribution in [0.1, 0.15) is 0 Å². The molecule has 5 N–H and O–H groups in total. The number of aromatic amines is 1. The average Bonchev–Trinajstić information content (AvgIpc) is 2.53. The molecule has 0 atom stereocenters. The van der Waals surface area contributed by atoms with Gasteiger partial charge in [-0.3, -0.25) is 0 Å². The van der Waals surface area contributed by atoms with Crippen LogP contribution in [-0.2, 0) is 0 Å². The van der Waals surface area contributed by atoms with Gasteiger partial charge in [-0.25, -0.2) is 4.79 Å². The lowest BCUT2D eigenvalue weighted by molar-refractivity contribution is 0.252. The molecule has 0 fully saturated rings. The molecule has 0 aromatic carbocycles. The van der Waals surface area contributed by atoms with Gasteiger partial charge in [-0.15, -0.1) is 0 Å². The van der Waals surface area contributed by atoms with Crippen molar-refractivity contribution >= 4 is 11.7 Å². The molecule has 0 unspecified atom stereocenters. The molecule has 1 aromatic rings. The van der Waals surface area contributed by atoms with Crippen molar-refractivity contribution in [3.63, 3.8) is 0 Å². The molecule has 12 heavy (non-hydrogen) atoms. The summed E-state index contributed by atoms with van der Waals surface area (Å²) in [6.45, 7) is 0.927. The summed E-state index contributed by atoms with van der Waals surface area (Å²) in [4.78, 5) is 13.8. The van der Waals surface area contributed by atoms with Gasteiger partial charge < -0.3 is 21.4 Å². The van der Waals surface area contributed by atoms with Crippen LogP contribution in [0.15, 0.2) is 18.5 Å². The molecule has 5 nitrogen and oxygen atoms in total. The summed E-state index contributed by atoms with van der Waals surface area (Å²) in [5, 5.41) is 5.20. The number of nitrogens with one attached hydrogen (secondary N) is 3. The van der Waals surface area contributed by atoms with Crippen molar-refractivity contribution < 1.29 is 4.79 Å². The minimum absolute atomic E-state index is 0.236. The van der Waals surface area contributed by atoms with Gasteiger partial charge in [0.1, 0.15) is 0 Å². The van der Waals surface area contributed by atoms with E-state index in [9.17, 15) is 4.79 Å². The number of rotatable bonds is 3. The zero-order valence-corrected chi connectivity index (χ0v) is 6.63. The molecule has 1 aromatic heterocycles. The maximum absolute atomic E-state index is 11.0. The fourth-order valence-electron chi connectivity index (χ4n) is 0.763. The third kappa shape index (κ3) is 2.63. The highest BCUT2D eigenvalue weighted by Gasteiger charge is 1.98. The number of nitrogens with two attached hydrogens (primary N) is 1. The van der Waals surface area contributed by atoms with Gasteiger partial charge in [0.15, 0.2) is 0 Å². The number of amides is 2. The topological polar surface area (TPSA) is 82.9 Å². The van der Waals surface area contributed by atoms with E-state index in [0.717, 1.165) is 5.69 Å². The van der Waals surface area contributed by atoms with Gasteiger partial charge in [-0.05, 0) is 6.07 Å². The Hall–Kier alpha value is -1.49. The summed E-state index contributed by atoms with van der Waals surface area (Å²) in [5.41, 5.74) is 5.94. The second kappa shape index (κ2) is 4.40. The lowest BCUT2D eigenvalue weighted by atomic mass is 10.5. The van der Waals surface area contributed by atoms with Crippen molar-refractivity contribution in [2.45, 2.75) is 0 Å². The molecule has 1 heterocycles. The molecule has 0 aliphatic heterocycles. The molecule has 0 saturated heterocycles. The summed E-state index contributed by atoms with van der Waals surface area (Å²) in [6, 6.07) is 1.53. The van der Waals surface area contributed by atoms with Crippen molar-refractivity contribution in [2.24, 2.45) is 5.73 Å². The molecular weight excluding hydrogens is 156 g/mol. The minimum atomic E-state index is -0.236. The van der Waals surface area contributed by atoms with E-state index in [2.05, 4.69) is 15.6 Å². The second-order valence-corrected chi connectivity index (χ2v) is 2.27. The summed E-state index contributed by atoms with van der Waals surface area (Å²) in [7, 11) is 0. The summed E-state index contributed by atoms with van der Waals surface area (Å²) in [5.74, 6) is 0. The fraction of sp³-hybridized carbons (Fsp3) is 0.286. The first-order valence-corrected chi connectivity index (χ1v) is 3.70. The van der Waals surface area contributed by atoms with E-state index in [-0.39, 0.29) is 6.03 Å². The van der Waals surface area contributed by atoms with Crippen LogP contribution in [0.5, 0.6) is 0 Å². The van der Waals surface area contributed by atoms with E-state index in [1.807, 2.05) is 0 Å². The highest BCUT2D eigenvalue weighted by molar-refractivity contribution is 5.88.